The largest absolute Gasteiger partial charge is 0.493 e. The van der Waals surface area contributed by atoms with Gasteiger partial charge in [0.1, 0.15) is 10.9 Å². The Morgan fingerprint density at radius 1 is 1.03 bits per heavy atom. The minimum absolute atomic E-state index is 0.0212. The van der Waals surface area contributed by atoms with Gasteiger partial charge >= 0.3 is 0 Å². The van der Waals surface area contributed by atoms with Crippen LogP contribution in [0.2, 0.25) is 0 Å². The predicted octanol–water partition coefficient (Wildman–Crippen LogP) is 5.58. The third-order valence-electron chi connectivity index (χ3n) is 5.08. The zero-order chi connectivity index (χ0) is 24.1. The van der Waals surface area contributed by atoms with Gasteiger partial charge in [-0.25, -0.2) is 0 Å². The van der Waals surface area contributed by atoms with Crippen molar-refractivity contribution in [2.24, 2.45) is 0 Å². The standard InChI is InChI=1S/C25H20N2O5S2/c1-31-21-12-9-19(13-22(21)32-16-18-7-10-20(11-8-18)27(29)30)14-23-24(28)26(25(33)34-23)15-17-5-3-2-4-6-17/h2-14H,15-16H2,1H3/b23-14-. The van der Waals surface area contributed by atoms with Gasteiger partial charge in [0.2, 0.25) is 0 Å². The minimum Gasteiger partial charge on any atom is -0.493 e. The first kappa shape index (κ1) is 23.5. The van der Waals surface area contributed by atoms with E-state index in [-0.39, 0.29) is 18.2 Å². The highest BCUT2D eigenvalue weighted by Gasteiger charge is 2.32. The number of ether oxygens (including phenoxy) is 2. The van der Waals surface area contributed by atoms with Crippen LogP contribution in [0.4, 0.5) is 5.69 Å². The van der Waals surface area contributed by atoms with Crippen molar-refractivity contribution >= 4 is 46.0 Å². The molecule has 7 nitrogen and oxygen atoms in total. The maximum Gasteiger partial charge on any atom is 0.269 e. The van der Waals surface area contributed by atoms with E-state index in [1.165, 1.54) is 23.9 Å². The number of nitrogens with zero attached hydrogens (tertiary/aromatic N) is 2. The van der Waals surface area contributed by atoms with E-state index < -0.39 is 4.92 Å². The fourth-order valence-corrected chi connectivity index (χ4v) is 4.58. The second-order valence-electron chi connectivity index (χ2n) is 7.38. The van der Waals surface area contributed by atoms with Crippen molar-refractivity contribution in [1.29, 1.82) is 0 Å². The molecule has 0 saturated carbocycles. The van der Waals surface area contributed by atoms with E-state index in [0.29, 0.717) is 27.3 Å². The van der Waals surface area contributed by atoms with Crippen molar-refractivity contribution in [3.63, 3.8) is 0 Å². The van der Waals surface area contributed by atoms with Crippen molar-refractivity contribution in [3.05, 3.63) is 105 Å². The Bertz CT molecular complexity index is 1260. The molecule has 0 aromatic heterocycles. The van der Waals surface area contributed by atoms with E-state index >= 15 is 0 Å². The molecular formula is C25H20N2O5S2. The number of amides is 1. The zero-order valence-corrected chi connectivity index (χ0v) is 19.8. The Morgan fingerprint density at radius 2 is 1.76 bits per heavy atom. The quantitative estimate of drug-likeness (QED) is 0.176. The lowest BCUT2D eigenvalue weighted by molar-refractivity contribution is -0.384. The molecule has 0 unspecified atom stereocenters. The summed E-state index contributed by atoms with van der Waals surface area (Å²) in [5.74, 6) is 0.896. The van der Waals surface area contributed by atoms with E-state index in [1.807, 2.05) is 36.4 Å². The number of hydrogen-bond donors (Lipinski definition) is 0. The van der Waals surface area contributed by atoms with Crippen LogP contribution in [0.15, 0.2) is 77.7 Å². The third-order valence-corrected chi connectivity index (χ3v) is 6.46. The van der Waals surface area contributed by atoms with E-state index in [9.17, 15) is 14.9 Å². The van der Waals surface area contributed by atoms with Gasteiger partial charge in [0, 0.05) is 12.1 Å². The second kappa shape index (κ2) is 10.5. The second-order valence-corrected chi connectivity index (χ2v) is 9.05. The van der Waals surface area contributed by atoms with Gasteiger partial charge in [0.05, 0.1) is 23.5 Å². The Kier molecular flexibility index (Phi) is 7.24. The van der Waals surface area contributed by atoms with E-state index in [4.69, 9.17) is 21.7 Å². The molecule has 1 amide bonds. The molecule has 1 aliphatic rings. The number of methoxy groups -OCH3 is 1. The minimum atomic E-state index is -0.445. The predicted molar refractivity (Wildman–Crippen MR) is 136 cm³/mol. The Labute approximate surface area is 206 Å². The van der Waals surface area contributed by atoms with E-state index in [2.05, 4.69) is 0 Å². The first-order chi connectivity index (χ1) is 16.4. The number of non-ortho nitro benzene ring substituents is 1. The van der Waals surface area contributed by atoms with Crippen LogP contribution in [0.25, 0.3) is 6.08 Å². The van der Waals surface area contributed by atoms with E-state index in [0.717, 1.165) is 16.7 Å². The summed E-state index contributed by atoms with van der Waals surface area (Å²) in [5, 5.41) is 10.8. The number of nitro groups is 1. The van der Waals surface area contributed by atoms with Gasteiger partial charge in [0.25, 0.3) is 11.6 Å². The van der Waals surface area contributed by atoms with Crippen LogP contribution < -0.4 is 9.47 Å². The van der Waals surface area contributed by atoms with Gasteiger partial charge in [0.15, 0.2) is 11.5 Å². The number of nitro benzene ring substituents is 1. The average Bonchev–Trinajstić information content (AvgIpc) is 3.11. The van der Waals surface area contributed by atoms with Crippen LogP contribution >= 0.6 is 24.0 Å². The average molecular weight is 493 g/mol. The molecule has 0 N–H and O–H groups in total. The smallest absolute Gasteiger partial charge is 0.269 e. The summed E-state index contributed by atoms with van der Waals surface area (Å²) >= 11 is 6.70. The molecule has 3 aromatic rings. The molecule has 4 rings (SSSR count). The SMILES string of the molecule is COc1ccc(/C=C2\SC(=S)N(Cc3ccccc3)C2=O)cc1OCc1ccc([N+](=O)[O-])cc1. The number of thiocarbonyl (C=S) groups is 1. The summed E-state index contributed by atoms with van der Waals surface area (Å²) in [4.78, 5) is 25.5. The molecule has 1 saturated heterocycles. The number of benzene rings is 3. The fraction of sp³-hybridized carbons (Fsp3) is 0.120. The Hall–Kier alpha value is -3.69. The van der Waals surface area contributed by atoms with Gasteiger partial charge in [-0.2, -0.15) is 0 Å². The molecule has 1 aliphatic heterocycles. The molecule has 1 fully saturated rings. The summed E-state index contributed by atoms with van der Waals surface area (Å²) in [5.41, 5.74) is 2.57. The highest BCUT2D eigenvalue weighted by molar-refractivity contribution is 8.26. The molecule has 3 aromatic carbocycles. The molecule has 0 radical (unpaired) electrons. The fourth-order valence-electron chi connectivity index (χ4n) is 3.32. The molecule has 0 aliphatic carbocycles. The number of carbonyl (C=O) groups excluding carboxylic acids is 1. The third kappa shape index (κ3) is 5.44. The maximum atomic E-state index is 13.0. The maximum absolute atomic E-state index is 13.0. The first-order valence-corrected chi connectivity index (χ1v) is 11.5. The lowest BCUT2D eigenvalue weighted by Crippen LogP contribution is -2.27. The van der Waals surface area contributed by atoms with Crippen molar-refractivity contribution in [3.8, 4) is 11.5 Å². The topological polar surface area (TPSA) is 81.9 Å². The molecule has 0 atom stereocenters. The molecule has 0 bridgehead atoms. The number of thioether (sulfide) groups is 1. The van der Waals surface area contributed by atoms with Gasteiger partial charge in [-0.05, 0) is 47.0 Å². The zero-order valence-electron chi connectivity index (χ0n) is 18.2. The lowest BCUT2D eigenvalue weighted by Gasteiger charge is -2.14. The van der Waals surface area contributed by atoms with Crippen molar-refractivity contribution in [2.75, 3.05) is 7.11 Å². The van der Waals surface area contributed by atoms with Crippen molar-refractivity contribution in [2.45, 2.75) is 13.2 Å². The van der Waals surface area contributed by atoms with Crippen LogP contribution in [0, 0.1) is 10.1 Å². The summed E-state index contributed by atoms with van der Waals surface area (Å²) in [6, 6.07) is 21.2. The molecule has 34 heavy (non-hydrogen) atoms. The molecule has 1 heterocycles. The van der Waals surface area contributed by atoms with Crippen LogP contribution in [0.3, 0.4) is 0 Å². The van der Waals surface area contributed by atoms with E-state index in [1.54, 1.807) is 42.4 Å². The van der Waals surface area contributed by atoms with Crippen LogP contribution in [0.1, 0.15) is 16.7 Å². The molecule has 9 heteroatoms. The Balaban J connectivity index is 1.50. The van der Waals surface area contributed by atoms with Crippen molar-refractivity contribution < 1.29 is 19.2 Å². The number of hydrogen-bond acceptors (Lipinski definition) is 7. The number of rotatable bonds is 8. The first-order valence-electron chi connectivity index (χ1n) is 10.3. The van der Waals surface area contributed by atoms with Crippen molar-refractivity contribution in [1.82, 2.24) is 4.90 Å². The molecule has 0 spiro atoms. The van der Waals surface area contributed by atoms with Crippen LogP contribution in [-0.4, -0.2) is 27.2 Å². The molecular weight excluding hydrogens is 472 g/mol. The normalized spacial score (nSPS) is 14.5. The summed E-state index contributed by atoms with van der Waals surface area (Å²) in [6.45, 7) is 0.631. The Morgan fingerprint density at radius 3 is 2.44 bits per heavy atom. The monoisotopic (exact) mass is 492 g/mol. The summed E-state index contributed by atoms with van der Waals surface area (Å²) < 4.78 is 11.8. The summed E-state index contributed by atoms with van der Waals surface area (Å²) in [7, 11) is 1.54. The highest BCUT2D eigenvalue weighted by Crippen LogP contribution is 2.35. The number of carbonyl (C=O) groups is 1. The van der Waals surface area contributed by atoms with Gasteiger partial charge in [-0.1, -0.05) is 60.4 Å². The van der Waals surface area contributed by atoms with Crippen LogP contribution in [0.5, 0.6) is 11.5 Å². The summed E-state index contributed by atoms with van der Waals surface area (Å²) in [6.07, 6.45) is 1.78. The highest BCUT2D eigenvalue weighted by atomic mass is 32.2. The lowest BCUT2D eigenvalue weighted by atomic mass is 10.1. The van der Waals surface area contributed by atoms with Gasteiger partial charge in [-0.3, -0.25) is 19.8 Å². The van der Waals surface area contributed by atoms with Crippen LogP contribution in [-0.2, 0) is 17.9 Å². The van der Waals surface area contributed by atoms with Gasteiger partial charge in [-0.15, -0.1) is 0 Å². The molecule has 172 valence electrons. The van der Waals surface area contributed by atoms with Gasteiger partial charge < -0.3 is 9.47 Å².